The maximum Gasteiger partial charge on any atom is 0.337 e. The molecule has 0 aliphatic carbocycles. The van der Waals surface area contributed by atoms with Crippen molar-refractivity contribution in [1.29, 1.82) is 0 Å². The van der Waals surface area contributed by atoms with Crippen LogP contribution < -0.4 is 5.32 Å². The molecular formula is C26H24ClF2N3O5. The summed E-state index contributed by atoms with van der Waals surface area (Å²) in [4.78, 5) is 51.1. The zero-order chi connectivity index (χ0) is 26.9. The van der Waals surface area contributed by atoms with E-state index in [1.165, 1.54) is 13.0 Å². The van der Waals surface area contributed by atoms with Crippen molar-refractivity contribution in [1.82, 2.24) is 14.8 Å². The first-order valence-electron chi connectivity index (χ1n) is 11.5. The van der Waals surface area contributed by atoms with Gasteiger partial charge in [0.25, 0.3) is 0 Å². The van der Waals surface area contributed by atoms with Gasteiger partial charge in [-0.2, -0.15) is 0 Å². The van der Waals surface area contributed by atoms with E-state index < -0.39 is 35.8 Å². The molecule has 0 spiro atoms. The first-order valence-corrected chi connectivity index (χ1v) is 11.8. The number of Topliss-reactive ketones (excluding diaryl/α,β-unsaturated/α-hetero) is 1. The third kappa shape index (κ3) is 5.34. The van der Waals surface area contributed by atoms with Gasteiger partial charge in [-0.15, -0.1) is 0 Å². The van der Waals surface area contributed by atoms with E-state index in [4.69, 9.17) is 11.6 Å². The molecule has 2 atom stereocenters. The average Bonchev–Trinajstić information content (AvgIpc) is 3.45. The van der Waals surface area contributed by atoms with Crippen molar-refractivity contribution in [2.75, 3.05) is 13.7 Å². The zero-order valence-corrected chi connectivity index (χ0v) is 20.9. The van der Waals surface area contributed by atoms with Gasteiger partial charge in [-0.1, -0.05) is 29.8 Å². The molecule has 1 fully saturated rings. The summed E-state index contributed by atoms with van der Waals surface area (Å²) in [6, 6.07) is 8.30. The summed E-state index contributed by atoms with van der Waals surface area (Å²) < 4.78 is 35.1. The van der Waals surface area contributed by atoms with Crippen molar-refractivity contribution < 1.29 is 32.7 Å². The Balaban J connectivity index is 1.50. The van der Waals surface area contributed by atoms with E-state index in [0.717, 1.165) is 18.1 Å². The number of esters is 1. The Hall–Kier alpha value is -3.79. The minimum Gasteiger partial charge on any atom is -0.465 e. The number of likely N-dealkylation sites (tertiary alicyclic amines) is 1. The van der Waals surface area contributed by atoms with E-state index in [1.807, 2.05) is 0 Å². The normalized spacial score (nSPS) is 17.2. The molecule has 2 amide bonds. The summed E-state index contributed by atoms with van der Waals surface area (Å²) in [6.45, 7) is 0.623. The van der Waals surface area contributed by atoms with Crippen LogP contribution in [0.15, 0.2) is 42.6 Å². The van der Waals surface area contributed by atoms with Crippen LogP contribution in [0.4, 0.5) is 8.78 Å². The Labute approximate surface area is 216 Å². The van der Waals surface area contributed by atoms with E-state index in [2.05, 4.69) is 10.1 Å². The molecule has 0 saturated carbocycles. The Morgan fingerprint density at radius 3 is 2.62 bits per heavy atom. The second kappa shape index (κ2) is 10.7. The van der Waals surface area contributed by atoms with Crippen LogP contribution in [0.1, 0.15) is 39.6 Å². The number of methoxy groups -OCH3 is 1. The Morgan fingerprint density at radius 1 is 1.19 bits per heavy atom. The number of hydrogen-bond acceptors (Lipinski definition) is 5. The fourth-order valence-corrected chi connectivity index (χ4v) is 4.75. The molecule has 0 unspecified atom stereocenters. The topological polar surface area (TPSA) is 97.7 Å². The number of benzene rings is 2. The lowest BCUT2D eigenvalue weighted by molar-refractivity contribution is -0.139. The molecule has 8 nitrogen and oxygen atoms in total. The van der Waals surface area contributed by atoms with Gasteiger partial charge >= 0.3 is 5.97 Å². The Kier molecular flexibility index (Phi) is 7.58. The van der Waals surface area contributed by atoms with Gasteiger partial charge < -0.3 is 19.5 Å². The number of carbonyl (C=O) groups excluding carboxylic acids is 4. The molecule has 2 aromatic carbocycles. The minimum absolute atomic E-state index is 0.00326. The van der Waals surface area contributed by atoms with Crippen LogP contribution >= 0.6 is 11.6 Å². The summed E-state index contributed by atoms with van der Waals surface area (Å²) >= 11 is 5.86. The van der Waals surface area contributed by atoms with E-state index in [1.54, 1.807) is 35.0 Å². The van der Waals surface area contributed by atoms with Crippen LogP contribution in [0.2, 0.25) is 5.02 Å². The lowest BCUT2D eigenvalue weighted by atomic mass is 10.1. The number of ketones is 1. The number of alkyl halides is 1. The number of halogens is 3. The van der Waals surface area contributed by atoms with Gasteiger partial charge in [0.05, 0.1) is 24.2 Å². The number of carbonyl (C=O) groups is 4. The molecule has 0 radical (unpaired) electrons. The molecule has 37 heavy (non-hydrogen) atoms. The van der Waals surface area contributed by atoms with Gasteiger partial charge in [0, 0.05) is 41.2 Å². The first kappa shape index (κ1) is 26.3. The first-order chi connectivity index (χ1) is 17.6. The highest BCUT2D eigenvalue weighted by Crippen LogP contribution is 2.26. The van der Waals surface area contributed by atoms with Gasteiger partial charge in [-0.25, -0.2) is 13.6 Å². The number of ether oxygens (including phenoxy) is 1. The standard InChI is InChI=1S/C26H24ClF2N3O5/c1-14(33)19-12-31(21-6-4-3-5-18(19)21)13-23(34)32-11-17(28)9-22(32)25(35)30-10-16-7-15(26(36)37-2)8-20(27)24(16)29/h3-8,12,17,22H,9-11,13H2,1-2H3,(H,30,35)/t17-,22+/m1/s1. The number of hydrogen-bond donors (Lipinski definition) is 1. The molecule has 2 heterocycles. The maximum atomic E-state index is 14.5. The van der Waals surface area contributed by atoms with Gasteiger partial charge in [0.1, 0.15) is 24.6 Å². The highest BCUT2D eigenvalue weighted by molar-refractivity contribution is 6.31. The molecule has 0 bridgehead atoms. The fourth-order valence-electron chi connectivity index (χ4n) is 4.51. The van der Waals surface area contributed by atoms with Gasteiger partial charge in [-0.3, -0.25) is 14.4 Å². The number of rotatable bonds is 7. The van der Waals surface area contributed by atoms with Crippen LogP contribution in [0.25, 0.3) is 10.9 Å². The number of nitrogens with one attached hydrogen (secondary N) is 1. The molecule has 11 heteroatoms. The molecule has 1 N–H and O–H groups in total. The van der Waals surface area contributed by atoms with Crippen molar-refractivity contribution in [3.05, 3.63) is 70.1 Å². The second-order valence-electron chi connectivity index (χ2n) is 8.78. The molecule has 4 rings (SSSR count). The van der Waals surface area contributed by atoms with E-state index in [9.17, 15) is 28.0 Å². The predicted molar refractivity (Wildman–Crippen MR) is 132 cm³/mol. The predicted octanol–water partition coefficient (Wildman–Crippen LogP) is 3.68. The largest absolute Gasteiger partial charge is 0.465 e. The van der Waals surface area contributed by atoms with Crippen LogP contribution in [-0.4, -0.2) is 58.9 Å². The average molecular weight is 532 g/mol. The molecule has 1 aliphatic rings. The Bertz CT molecular complexity index is 1410. The zero-order valence-electron chi connectivity index (χ0n) is 20.1. The molecular weight excluding hydrogens is 508 g/mol. The van der Waals surface area contributed by atoms with Crippen LogP contribution in [-0.2, 0) is 27.4 Å². The van der Waals surface area contributed by atoms with E-state index in [0.29, 0.717) is 16.5 Å². The minimum atomic E-state index is -1.41. The highest BCUT2D eigenvalue weighted by atomic mass is 35.5. The molecule has 1 saturated heterocycles. The SMILES string of the molecule is COC(=O)c1cc(Cl)c(F)c(CNC(=O)[C@@H]2C[C@@H](F)CN2C(=O)Cn2cc(C(C)=O)c3ccccc32)c1. The number of amides is 2. The molecule has 1 aliphatic heterocycles. The van der Waals surface area contributed by atoms with Crippen molar-refractivity contribution in [3.8, 4) is 0 Å². The maximum absolute atomic E-state index is 14.5. The van der Waals surface area contributed by atoms with Gasteiger partial charge in [-0.05, 0) is 25.1 Å². The summed E-state index contributed by atoms with van der Waals surface area (Å²) in [7, 11) is 1.16. The summed E-state index contributed by atoms with van der Waals surface area (Å²) in [5.74, 6) is -2.88. The van der Waals surface area contributed by atoms with E-state index >= 15 is 0 Å². The second-order valence-corrected chi connectivity index (χ2v) is 9.19. The number of para-hydroxylation sites is 1. The third-order valence-corrected chi connectivity index (χ3v) is 6.60. The third-order valence-electron chi connectivity index (χ3n) is 6.32. The monoisotopic (exact) mass is 531 g/mol. The molecule has 3 aromatic rings. The lowest BCUT2D eigenvalue weighted by Gasteiger charge is -2.24. The number of fused-ring (bicyclic) bond motifs is 1. The smallest absolute Gasteiger partial charge is 0.337 e. The summed E-state index contributed by atoms with van der Waals surface area (Å²) in [5.41, 5.74) is 1.06. The van der Waals surface area contributed by atoms with Crippen molar-refractivity contribution >= 4 is 46.1 Å². The van der Waals surface area contributed by atoms with E-state index in [-0.39, 0.29) is 48.0 Å². The fraction of sp³-hybridized carbons (Fsp3) is 0.308. The summed E-state index contributed by atoms with van der Waals surface area (Å²) in [6.07, 6.45) is -0.0551. The quantitative estimate of drug-likeness (QED) is 0.370. The van der Waals surface area contributed by atoms with Crippen molar-refractivity contribution in [2.24, 2.45) is 0 Å². The van der Waals surface area contributed by atoms with Crippen LogP contribution in [0.5, 0.6) is 0 Å². The Morgan fingerprint density at radius 2 is 1.92 bits per heavy atom. The number of nitrogens with zero attached hydrogens (tertiary/aromatic N) is 2. The van der Waals surface area contributed by atoms with Gasteiger partial charge in [0.15, 0.2) is 5.78 Å². The van der Waals surface area contributed by atoms with Crippen molar-refractivity contribution in [3.63, 3.8) is 0 Å². The number of aromatic nitrogens is 1. The van der Waals surface area contributed by atoms with Crippen LogP contribution in [0.3, 0.4) is 0 Å². The van der Waals surface area contributed by atoms with Crippen molar-refractivity contribution in [2.45, 2.75) is 38.6 Å². The lowest BCUT2D eigenvalue weighted by Crippen LogP contribution is -2.46. The van der Waals surface area contributed by atoms with Gasteiger partial charge in [0.2, 0.25) is 11.8 Å². The molecule has 1 aromatic heterocycles. The summed E-state index contributed by atoms with van der Waals surface area (Å²) in [5, 5.41) is 2.88. The van der Waals surface area contributed by atoms with Crippen LogP contribution in [0, 0.1) is 5.82 Å². The highest BCUT2D eigenvalue weighted by Gasteiger charge is 2.39. The molecule has 194 valence electrons.